The van der Waals surface area contributed by atoms with Gasteiger partial charge in [0.15, 0.2) is 0 Å². The molecule has 0 bridgehead atoms. The zero-order valence-electron chi connectivity index (χ0n) is 12.5. The SMILES string of the molecule is CCOC(=O)C(CN)(CCCS(C)(=O)=O)c1ccccc1. The molecule has 1 rings (SSSR count). The maximum atomic E-state index is 12.4. The van der Waals surface area contributed by atoms with Crippen LogP contribution < -0.4 is 5.73 Å². The molecule has 1 aromatic rings. The summed E-state index contributed by atoms with van der Waals surface area (Å²) in [6.45, 7) is 2.08. The van der Waals surface area contributed by atoms with Crippen molar-refractivity contribution in [1.29, 1.82) is 0 Å². The smallest absolute Gasteiger partial charge is 0.317 e. The number of hydrogen-bond acceptors (Lipinski definition) is 5. The highest BCUT2D eigenvalue weighted by molar-refractivity contribution is 7.90. The van der Waals surface area contributed by atoms with Crippen molar-refractivity contribution in [2.24, 2.45) is 5.73 Å². The van der Waals surface area contributed by atoms with Crippen molar-refractivity contribution in [2.45, 2.75) is 25.2 Å². The minimum absolute atomic E-state index is 0.0288. The van der Waals surface area contributed by atoms with Gasteiger partial charge >= 0.3 is 5.97 Å². The van der Waals surface area contributed by atoms with Crippen molar-refractivity contribution in [1.82, 2.24) is 0 Å². The fourth-order valence-electron chi connectivity index (χ4n) is 2.33. The van der Waals surface area contributed by atoms with E-state index in [1.807, 2.05) is 30.3 Å². The second-order valence-electron chi connectivity index (χ2n) is 5.11. The molecule has 0 saturated heterocycles. The molecule has 0 amide bonds. The molecule has 1 unspecified atom stereocenters. The van der Waals surface area contributed by atoms with Gasteiger partial charge < -0.3 is 10.5 Å². The summed E-state index contributed by atoms with van der Waals surface area (Å²) in [6, 6.07) is 9.16. The first kappa shape index (κ1) is 17.7. The van der Waals surface area contributed by atoms with E-state index in [0.717, 1.165) is 5.56 Å². The molecule has 1 aromatic carbocycles. The Morgan fingerprint density at radius 3 is 2.38 bits per heavy atom. The average molecular weight is 313 g/mol. The number of rotatable bonds is 8. The third kappa shape index (κ3) is 4.82. The highest BCUT2D eigenvalue weighted by Gasteiger charge is 2.40. The monoisotopic (exact) mass is 313 g/mol. The molecular formula is C15H23NO4S. The van der Waals surface area contributed by atoms with Crippen LogP contribution in [-0.4, -0.2) is 39.5 Å². The van der Waals surface area contributed by atoms with Crippen LogP contribution in [-0.2, 0) is 24.8 Å². The van der Waals surface area contributed by atoms with Crippen LogP contribution >= 0.6 is 0 Å². The molecule has 2 N–H and O–H groups in total. The van der Waals surface area contributed by atoms with Crippen LogP contribution in [0.25, 0.3) is 0 Å². The molecule has 0 aliphatic heterocycles. The lowest BCUT2D eigenvalue weighted by Gasteiger charge is -2.30. The van der Waals surface area contributed by atoms with Crippen molar-refractivity contribution in [2.75, 3.05) is 25.2 Å². The van der Waals surface area contributed by atoms with Crippen LogP contribution in [0, 0.1) is 0 Å². The normalized spacial score (nSPS) is 14.4. The second-order valence-corrected chi connectivity index (χ2v) is 7.37. The van der Waals surface area contributed by atoms with Crippen molar-refractivity contribution in [3.8, 4) is 0 Å². The van der Waals surface area contributed by atoms with E-state index in [2.05, 4.69) is 0 Å². The fourth-order valence-corrected chi connectivity index (χ4v) is 3.00. The maximum absolute atomic E-state index is 12.4. The minimum atomic E-state index is -3.07. The van der Waals surface area contributed by atoms with Crippen LogP contribution in [0.4, 0.5) is 0 Å². The molecule has 1 atom stereocenters. The lowest BCUT2D eigenvalue weighted by molar-refractivity contribution is -0.150. The number of sulfone groups is 1. The number of benzene rings is 1. The number of carbonyl (C=O) groups is 1. The van der Waals surface area contributed by atoms with Gasteiger partial charge in [0, 0.05) is 18.6 Å². The third-order valence-corrected chi connectivity index (χ3v) is 4.49. The maximum Gasteiger partial charge on any atom is 0.317 e. The lowest BCUT2D eigenvalue weighted by atomic mass is 9.77. The molecule has 0 aliphatic carbocycles. The Kier molecular flexibility index (Phi) is 6.36. The van der Waals surface area contributed by atoms with E-state index >= 15 is 0 Å². The topological polar surface area (TPSA) is 86.5 Å². The largest absolute Gasteiger partial charge is 0.465 e. The lowest BCUT2D eigenvalue weighted by Crippen LogP contribution is -2.44. The first-order valence-electron chi connectivity index (χ1n) is 6.96. The summed E-state index contributed by atoms with van der Waals surface area (Å²) in [6.07, 6.45) is 1.90. The Hall–Kier alpha value is -1.40. The molecule has 6 heteroatoms. The first-order valence-corrected chi connectivity index (χ1v) is 9.02. The highest BCUT2D eigenvalue weighted by Crippen LogP contribution is 2.30. The molecule has 0 aromatic heterocycles. The summed E-state index contributed by atoms with van der Waals surface area (Å²) in [5, 5.41) is 0. The van der Waals surface area contributed by atoms with Gasteiger partial charge in [-0.3, -0.25) is 4.79 Å². The van der Waals surface area contributed by atoms with E-state index in [1.165, 1.54) is 6.26 Å². The van der Waals surface area contributed by atoms with Gasteiger partial charge in [0.05, 0.1) is 6.61 Å². The molecule has 0 aliphatic rings. The van der Waals surface area contributed by atoms with Gasteiger partial charge in [-0.25, -0.2) is 8.42 Å². The van der Waals surface area contributed by atoms with Crippen LogP contribution in [0.2, 0.25) is 0 Å². The van der Waals surface area contributed by atoms with E-state index in [4.69, 9.17) is 10.5 Å². The van der Waals surface area contributed by atoms with E-state index in [9.17, 15) is 13.2 Å². The van der Waals surface area contributed by atoms with Crippen molar-refractivity contribution >= 4 is 15.8 Å². The Balaban J connectivity index is 3.06. The minimum Gasteiger partial charge on any atom is -0.465 e. The van der Waals surface area contributed by atoms with Crippen LogP contribution in [0.15, 0.2) is 30.3 Å². The van der Waals surface area contributed by atoms with Crippen LogP contribution in [0.1, 0.15) is 25.3 Å². The van der Waals surface area contributed by atoms with E-state index in [0.29, 0.717) is 12.8 Å². The van der Waals surface area contributed by atoms with Gasteiger partial charge in [0.1, 0.15) is 15.3 Å². The van der Waals surface area contributed by atoms with Crippen LogP contribution in [0.3, 0.4) is 0 Å². The number of nitrogens with two attached hydrogens (primary N) is 1. The number of esters is 1. The van der Waals surface area contributed by atoms with Crippen LogP contribution in [0.5, 0.6) is 0 Å². The predicted molar refractivity (Wildman–Crippen MR) is 82.8 cm³/mol. The number of ether oxygens (including phenoxy) is 1. The van der Waals surface area contributed by atoms with Gasteiger partial charge in [-0.05, 0) is 25.3 Å². The van der Waals surface area contributed by atoms with Gasteiger partial charge in [0.2, 0.25) is 0 Å². The molecule has 0 radical (unpaired) electrons. The Labute approximate surface area is 126 Å². The van der Waals surface area contributed by atoms with Crippen molar-refractivity contribution < 1.29 is 17.9 Å². The van der Waals surface area contributed by atoms with Gasteiger partial charge in [-0.1, -0.05) is 30.3 Å². The predicted octanol–water partition coefficient (Wildman–Crippen LogP) is 1.27. The first-order chi connectivity index (χ1) is 9.85. The number of hydrogen-bond donors (Lipinski definition) is 1. The molecule has 118 valence electrons. The number of carbonyl (C=O) groups excluding carboxylic acids is 1. The summed E-state index contributed by atoms with van der Waals surface area (Å²) in [7, 11) is -3.07. The Morgan fingerprint density at radius 2 is 1.90 bits per heavy atom. The molecule has 21 heavy (non-hydrogen) atoms. The van der Waals surface area contributed by atoms with E-state index < -0.39 is 21.2 Å². The Bertz CT molecular complexity index is 556. The fraction of sp³-hybridized carbons (Fsp3) is 0.533. The van der Waals surface area contributed by atoms with Gasteiger partial charge in [0.25, 0.3) is 0 Å². The van der Waals surface area contributed by atoms with Crippen molar-refractivity contribution in [3.05, 3.63) is 35.9 Å². The van der Waals surface area contributed by atoms with E-state index in [-0.39, 0.29) is 18.9 Å². The van der Waals surface area contributed by atoms with Gasteiger partial charge in [-0.15, -0.1) is 0 Å². The van der Waals surface area contributed by atoms with Crippen molar-refractivity contribution in [3.63, 3.8) is 0 Å². The zero-order valence-corrected chi connectivity index (χ0v) is 13.4. The quantitative estimate of drug-likeness (QED) is 0.730. The molecule has 0 saturated carbocycles. The second kappa shape index (κ2) is 7.56. The summed E-state index contributed by atoms with van der Waals surface area (Å²) in [4.78, 5) is 12.4. The van der Waals surface area contributed by atoms with Gasteiger partial charge in [-0.2, -0.15) is 0 Å². The third-order valence-electron chi connectivity index (χ3n) is 3.46. The molecular weight excluding hydrogens is 290 g/mol. The summed E-state index contributed by atoms with van der Waals surface area (Å²) in [5.41, 5.74) is 5.65. The Morgan fingerprint density at radius 1 is 1.29 bits per heavy atom. The highest BCUT2D eigenvalue weighted by atomic mass is 32.2. The standard InChI is InChI=1S/C15H23NO4S/c1-3-20-14(17)15(12-16,10-7-11-21(2,18)19)13-8-5-4-6-9-13/h4-6,8-9H,3,7,10-12,16H2,1-2H3. The molecule has 5 nitrogen and oxygen atoms in total. The summed E-state index contributed by atoms with van der Waals surface area (Å²) < 4.78 is 27.7. The summed E-state index contributed by atoms with van der Waals surface area (Å²) in [5.74, 6) is -0.367. The molecule has 0 fully saturated rings. The summed E-state index contributed by atoms with van der Waals surface area (Å²) >= 11 is 0. The average Bonchev–Trinajstić information content (AvgIpc) is 2.44. The molecule has 0 spiro atoms. The zero-order chi connectivity index (χ0) is 15.9. The van der Waals surface area contributed by atoms with E-state index in [1.54, 1.807) is 6.92 Å². The molecule has 0 heterocycles.